The van der Waals surface area contributed by atoms with E-state index < -0.39 is 0 Å². The highest BCUT2D eigenvalue weighted by Crippen LogP contribution is 2.48. The first-order valence-electron chi connectivity index (χ1n) is 7.24. The summed E-state index contributed by atoms with van der Waals surface area (Å²) in [4.78, 5) is 4.67. The van der Waals surface area contributed by atoms with Gasteiger partial charge in [0.1, 0.15) is 0 Å². The highest BCUT2D eigenvalue weighted by Gasteiger charge is 2.39. The fourth-order valence-electron chi connectivity index (χ4n) is 3.39. The second-order valence-electron chi connectivity index (χ2n) is 6.43. The van der Waals surface area contributed by atoms with Crippen LogP contribution in [-0.4, -0.2) is 16.7 Å². The van der Waals surface area contributed by atoms with Crippen molar-refractivity contribution in [1.29, 1.82) is 0 Å². The third-order valence-electron chi connectivity index (χ3n) is 4.63. The summed E-state index contributed by atoms with van der Waals surface area (Å²) in [5, 5.41) is 7.68. The van der Waals surface area contributed by atoms with Crippen molar-refractivity contribution < 1.29 is 4.52 Å². The number of nitrogens with zero attached hydrogens (tertiary/aromatic N) is 2. The van der Waals surface area contributed by atoms with E-state index in [0.29, 0.717) is 17.4 Å². The molecule has 2 fully saturated rings. The Morgan fingerprint density at radius 1 is 1.22 bits per heavy atom. The lowest BCUT2D eigenvalue weighted by Gasteiger charge is -2.23. The molecule has 1 saturated carbocycles. The molecule has 1 saturated heterocycles. The number of nitrogens with one attached hydrogen (secondary N) is 1. The number of hydrogen-bond donors (Lipinski definition) is 1. The Morgan fingerprint density at radius 3 is 2.78 bits per heavy atom. The van der Waals surface area contributed by atoms with Gasteiger partial charge in [0.2, 0.25) is 5.89 Å². The maximum Gasteiger partial charge on any atom is 0.230 e. The zero-order valence-electron chi connectivity index (χ0n) is 11.4. The number of aromatic nitrogens is 2. The van der Waals surface area contributed by atoms with Crippen LogP contribution >= 0.6 is 0 Å². The third-order valence-corrected chi connectivity index (χ3v) is 4.63. The van der Waals surface area contributed by atoms with Crippen LogP contribution in [0.4, 0.5) is 0 Å². The summed E-state index contributed by atoms with van der Waals surface area (Å²) in [6.07, 6.45) is 7.38. The van der Waals surface area contributed by atoms with Crippen LogP contribution in [0.15, 0.2) is 4.52 Å². The summed E-state index contributed by atoms with van der Waals surface area (Å²) < 4.78 is 5.54. The van der Waals surface area contributed by atoms with Crippen LogP contribution in [0.2, 0.25) is 0 Å². The summed E-state index contributed by atoms with van der Waals surface area (Å²) >= 11 is 0. The first-order valence-corrected chi connectivity index (χ1v) is 7.24. The summed E-state index contributed by atoms with van der Waals surface area (Å²) in [6, 6.07) is 0.306. The quantitative estimate of drug-likeness (QED) is 0.874. The fourth-order valence-corrected chi connectivity index (χ4v) is 3.39. The van der Waals surface area contributed by atoms with E-state index in [-0.39, 0.29) is 0 Å². The second-order valence-corrected chi connectivity index (χ2v) is 6.43. The maximum atomic E-state index is 5.54. The monoisotopic (exact) mass is 249 g/mol. The first-order chi connectivity index (χ1) is 8.67. The van der Waals surface area contributed by atoms with E-state index in [1.807, 2.05) is 0 Å². The van der Waals surface area contributed by atoms with E-state index in [4.69, 9.17) is 4.52 Å². The molecular weight excluding hydrogens is 226 g/mol. The average molecular weight is 249 g/mol. The molecule has 18 heavy (non-hydrogen) atoms. The predicted molar refractivity (Wildman–Crippen MR) is 69.3 cm³/mol. The van der Waals surface area contributed by atoms with Crippen molar-refractivity contribution in [2.75, 3.05) is 6.54 Å². The van der Waals surface area contributed by atoms with Crippen molar-refractivity contribution in [3.63, 3.8) is 0 Å². The molecule has 0 radical (unpaired) electrons. The molecule has 3 rings (SSSR count). The van der Waals surface area contributed by atoms with Crippen molar-refractivity contribution in [3.8, 4) is 0 Å². The Labute approximate surface area is 109 Å². The Morgan fingerprint density at radius 2 is 2.11 bits per heavy atom. The molecule has 2 heterocycles. The molecule has 4 nitrogen and oxygen atoms in total. The highest BCUT2D eigenvalue weighted by atomic mass is 16.5. The molecule has 2 aliphatic rings. The van der Waals surface area contributed by atoms with Gasteiger partial charge in [0.15, 0.2) is 5.82 Å². The number of rotatable bonds is 2. The van der Waals surface area contributed by atoms with Crippen molar-refractivity contribution in [2.24, 2.45) is 5.41 Å². The summed E-state index contributed by atoms with van der Waals surface area (Å²) in [6.45, 7) is 5.70. The zero-order chi connectivity index (χ0) is 12.6. The van der Waals surface area contributed by atoms with Crippen LogP contribution in [-0.2, 0) is 0 Å². The van der Waals surface area contributed by atoms with Gasteiger partial charge in [-0.25, -0.2) is 0 Å². The van der Waals surface area contributed by atoms with Gasteiger partial charge in [-0.3, -0.25) is 0 Å². The molecule has 1 aromatic heterocycles. The van der Waals surface area contributed by atoms with Gasteiger partial charge in [-0.15, -0.1) is 0 Å². The molecule has 2 unspecified atom stereocenters. The molecular formula is C14H23N3O. The molecule has 4 heteroatoms. The minimum atomic E-state index is 0.306. The zero-order valence-corrected chi connectivity index (χ0v) is 11.4. The van der Waals surface area contributed by atoms with Crippen LogP contribution in [0.3, 0.4) is 0 Å². The molecule has 1 aliphatic heterocycles. The van der Waals surface area contributed by atoms with E-state index in [1.54, 1.807) is 0 Å². The minimum absolute atomic E-state index is 0.306. The molecule has 1 N–H and O–H groups in total. The van der Waals surface area contributed by atoms with E-state index in [9.17, 15) is 0 Å². The van der Waals surface area contributed by atoms with Crippen molar-refractivity contribution in [2.45, 2.75) is 64.3 Å². The van der Waals surface area contributed by atoms with Crippen LogP contribution in [0.25, 0.3) is 0 Å². The molecule has 0 spiro atoms. The lowest BCUT2D eigenvalue weighted by Crippen LogP contribution is -2.27. The second kappa shape index (κ2) is 4.65. The largest absolute Gasteiger partial charge is 0.339 e. The van der Waals surface area contributed by atoms with Gasteiger partial charge in [0.05, 0.1) is 6.04 Å². The summed E-state index contributed by atoms with van der Waals surface area (Å²) in [7, 11) is 0. The summed E-state index contributed by atoms with van der Waals surface area (Å²) in [5.74, 6) is 2.18. The smallest absolute Gasteiger partial charge is 0.230 e. The van der Waals surface area contributed by atoms with Crippen LogP contribution in [0.5, 0.6) is 0 Å². The van der Waals surface area contributed by atoms with E-state index in [2.05, 4.69) is 29.3 Å². The van der Waals surface area contributed by atoms with Crippen LogP contribution in [0.1, 0.15) is 76.0 Å². The van der Waals surface area contributed by atoms with Gasteiger partial charge in [0.25, 0.3) is 0 Å². The molecule has 0 bridgehead atoms. The number of hydrogen-bond acceptors (Lipinski definition) is 4. The standard InChI is InChI=1S/C14H23N3O/c1-14(2)8-5-6-10(14)13-16-12(17-18-13)11-7-3-4-9-15-11/h10-11,15H,3-9H2,1-2H3. The lowest BCUT2D eigenvalue weighted by molar-refractivity contribution is 0.259. The van der Waals surface area contributed by atoms with Gasteiger partial charge in [-0.2, -0.15) is 4.98 Å². The Hall–Kier alpha value is -0.900. The first kappa shape index (κ1) is 12.2. The van der Waals surface area contributed by atoms with Gasteiger partial charge in [-0.05, 0) is 37.6 Å². The molecule has 100 valence electrons. The lowest BCUT2D eigenvalue weighted by atomic mass is 9.82. The molecule has 2 atom stereocenters. The van der Waals surface area contributed by atoms with Gasteiger partial charge < -0.3 is 9.84 Å². The normalized spacial score (nSPS) is 31.7. The Kier molecular flexibility index (Phi) is 3.14. The Bertz CT molecular complexity index is 407. The van der Waals surface area contributed by atoms with Crippen molar-refractivity contribution in [1.82, 2.24) is 15.5 Å². The topological polar surface area (TPSA) is 51.0 Å². The van der Waals surface area contributed by atoms with Crippen LogP contribution in [0, 0.1) is 5.41 Å². The average Bonchev–Trinajstić information content (AvgIpc) is 2.96. The molecule has 1 aromatic rings. The van der Waals surface area contributed by atoms with E-state index in [1.165, 1.54) is 32.1 Å². The van der Waals surface area contributed by atoms with Gasteiger partial charge >= 0.3 is 0 Å². The fraction of sp³-hybridized carbons (Fsp3) is 0.857. The highest BCUT2D eigenvalue weighted by molar-refractivity contribution is 5.05. The Balaban J connectivity index is 1.76. The van der Waals surface area contributed by atoms with E-state index in [0.717, 1.165) is 24.7 Å². The van der Waals surface area contributed by atoms with Gasteiger partial charge in [0, 0.05) is 5.92 Å². The number of piperidine rings is 1. The minimum Gasteiger partial charge on any atom is -0.339 e. The molecule has 0 amide bonds. The summed E-state index contributed by atoms with van der Waals surface area (Å²) in [5.41, 5.74) is 0.309. The maximum absolute atomic E-state index is 5.54. The molecule has 1 aliphatic carbocycles. The van der Waals surface area contributed by atoms with Crippen LogP contribution < -0.4 is 5.32 Å². The SMILES string of the molecule is CC1(C)CCCC1c1nc(C2CCCCN2)no1. The molecule has 0 aromatic carbocycles. The van der Waals surface area contributed by atoms with Crippen molar-refractivity contribution in [3.05, 3.63) is 11.7 Å². The van der Waals surface area contributed by atoms with Gasteiger partial charge in [-0.1, -0.05) is 31.8 Å². The van der Waals surface area contributed by atoms with Crippen molar-refractivity contribution >= 4 is 0 Å². The van der Waals surface area contributed by atoms with E-state index >= 15 is 0 Å². The third kappa shape index (κ3) is 2.18. The predicted octanol–water partition coefficient (Wildman–Crippen LogP) is 3.18.